The normalized spacial score (nSPS) is 12.9. The number of hydrogen-bond donors (Lipinski definition) is 1. The number of benzene rings is 1. The van der Waals surface area contributed by atoms with Crippen LogP contribution in [0.4, 0.5) is 0 Å². The van der Waals surface area contributed by atoms with Crippen molar-refractivity contribution in [1.82, 2.24) is 0 Å². The fourth-order valence-corrected chi connectivity index (χ4v) is 1.49. The first-order chi connectivity index (χ1) is 7.54. The first kappa shape index (κ1) is 13.0. The molecule has 0 bridgehead atoms. The second-order valence-electron chi connectivity index (χ2n) is 4.13. The maximum atomic E-state index is 9.89. The van der Waals surface area contributed by atoms with Crippen LogP contribution >= 0.6 is 0 Å². The third-order valence-electron chi connectivity index (χ3n) is 2.39. The molecule has 1 rings (SSSR count). The molecule has 0 aliphatic rings. The maximum absolute atomic E-state index is 9.89. The number of rotatable bonds is 5. The molecule has 0 aliphatic heterocycles. The average molecular weight is 224 g/mol. The Kier molecular flexibility index (Phi) is 4.77. The van der Waals surface area contributed by atoms with Crippen molar-refractivity contribution in [2.24, 2.45) is 0 Å². The summed E-state index contributed by atoms with van der Waals surface area (Å²) in [6, 6.07) is 5.65. The van der Waals surface area contributed by atoms with Crippen molar-refractivity contribution >= 4 is 0 Å². The molecule has 0 aliphatic carbocycles. The van der Waals surface area contributed by atoms with Gasteiger partial charge in [0.2, 0.25) is 0 Å². The number of ether oxygens (including phenoxy) is 2. The van der Waals surface area contributed by atoms with E-state index in [1.165, 1.54) is 0 Å². The van der Waals surface area contributed by atoms with Crippen LogP contribution in [0.25, 0.3) is 0 Å². The highest BCUT2D eigenvalue weighted by atomic mass is 16.5. The molecular formula is C13H20O3. The fraction of sp³-hybridized carbons (Fsp3) is 0.538. The number of aryl methyl sites for hydroxylation is 1. The first-order valence-electron chi connectivity index (χ1n) is 5.48. The van der Waals surface area contributed by atoms with Crippen LogP contribution < -0.4 is 4.74 Å². The van der Waals surface area contributed by atoms with Gasteiger partial charge in [-0.15, -0.1) is 0 Å². The second kappa shape index (κ2) is 5.87. The molecule has 1 N–H and O–H groups in total. The van der Waals surface area contributed by atoms with Gasteiger partial charge in [0.1, 0.15) is 11.9 Å². The molecule has 0 saturated heterocycles. The van der Waals surface area contributed by atoms with Crippen LogP contribution in [0.2, 0.25) is 0 Å². The third-order valence-corrected chi connectivity index (χ3v) is 2.39. The van der Waals surface area contributed by atoms with E-state index >= 15 is 0 Å². The molecule has 0 fully saturated rings. The van der Waals surface area contributed by atoms with E-state index in [0.29, 0.717) is 6.61 Å². The summed E-state index contributed by atoms with van der Waals surface area (Å²) >= 11 is 0. The summed E-state index contributed by atoms with van der Waals surface area (Å²) in [4.78, 5) is 0. The van der Waals surface area contributed by atoms with Crippen LogP contribution in [-0.4, -0.2) is 24.9 Å². The minimum atomic E-state index is -0.577. The predicted octanol–water partition coefficient (Wildman–Crippen LogP) is 2.46. The topological polar surface area (TPSA) is 38.7 Å². The monoisotopic (exact) mass is 224 g/mol. The summed E-state index contributed by atoms with van der Waals surface area (Å²) in [7, 11) is 1.64. The van der Waals surface area contributed by atoms with E-state index in [2.05, 4.69) is 0 Å². The molecule has 0 aromatic heterocycles. The van der Waals surface area contributed by atoms with Crippen molar-refractivity contribution in [2.75, 3.05) is 13.7 Å². The molecule has 0 heterocycles. The molecule has 1 unspecified atom stereocenters. The zero-order valence-corrected chi connectivity index (χ0v) is 10.4. The molecule has 3 heteroatoms. The lowest BCUT2D eigenvalue weighted by molar-refractivity contribution is 0.00490. The van der Waals surface area contributed by atoms with E-state index in [9.17, 15) is 5.11 Å². The zero-order chi connectivity index (χ0) is 12.1. The largest absolute Gasteiger partial charge is 0.496 e. The van der Waals surface area contributed by atoms with Gasteiger partial charge in [-0.05, 0) is 44.0 Å². The molecule has 16 heavy (non-hydrogen) atoms. The summed E-state index contributed by atoms with van der Waals surface area (Å²) in [5.74, 6) is 0.834. The Morgan fingerprint density at radius 2 is 2.00 bits per heavy atom. The Balaban J connectivity index is 2.69. The van der Waals surface area contributed by atoms with Gasteiger partial charge in [0.05, 0.1) is 19.8 Å². The Labute approximate surface area is 97.0 Å². The second-order valence-corrected chi connectivity index (χ2v) is 4.13. The summed E-state index contributed by atoms with van der Waals surface area (Å²) in [5, 5.41) is 9.89. The van der Waals surface area contributed by atoms with Gasteiger partial charge < -0.3 is 14.6 Å². The van der Waals surface area contributed by atoms with E-state index in [1.807, 2.05) is 39.0 Å². The van der Waals surface area contributed by atoms with E-state index in [4.69, 9.17) is 9.47 Å². The number of aliphatic hydroxyl groups excluding tert-OH is 1. The number of methoxy groups -OCH3 is 1. The lowest BCUT2D eigenvalue weighted by Crippen LogP contribution is -2.12. The molecule has 0 amide bonds. The van der Waals surface area contributed by atoms with Crippen molar-refractivity contribution < 1.29 is 14.6 Å². The summed E-state index contributed by atoms with van der Waals surface area (Å²) in [6.07, 6.45) is -0.444. The summed E-state index contributed by atoms with van der Waals surface area (Å²) in [5.41, 5.74) is 1.88. The maximum Gasteiger partial charge on any atom is 0.121 e. The minimum absolute atomic E-state index is 0.133. The molecule has 3 nitrogen and oxygen atoms in total. The Bertz CT molecular complexity index is 334. The molecule has 0 saturated carbocycles. The van der Waals surface area contributed by atoms with Crippen LogP contribution in [0.3, 0.4) is 0 Å². The van der Waals surface area contributed by atoms with Crippen molar-refractivity contribution in [3.8, 4) is 5.75 Å². The van der Waals surface area contributed by atoms with Gasteiger partial charge in [0, 0.05) is 0 Å². The van der Waals surface area contributed by atoms with Gasteiger partial charge in [-0.1, -0.05) is 6.07 Å². The van der Waals surface area contributed by atoms with Crippen LogP contribution in [0.1, 0.15) is 31.1 Å². The van der Waals surface area contributed by atoms with Gasteiger partial charge >= 0.3 is 0 Å². The number of aliphatic hydroxyl groups is 1. The summed E-state index contributed by atoms with van der Waals surface area (Å²) in [6.45, 7) is 6.18. The Morgan fingerprint density at radius 1 is 1.31 bits per heavy atom. The Hall–Kier alpha value is -1.06. The van der Waals surface area contributed by atoms with Crippen molar-refractivity contribution in [3.05, 3.63) is 29.3 Å². The Morgan fingerprint density at radius 3 is 2.50 bits per heavy atom. The first-order valence-corrected chi connectivity index (χ1v) is 5.48. The fourth-order valence-electron chi connectivity index (χ4n) is 1.49. The lowest BCUT2D eigenvalue weighted by Gasteiger charge is -2.15. The molecule has 1 atom stereocenters. The van der Waals surface area contributed by atoms with Crippen molar-refractivity contribution in [3.63, 3.8) is 0 Å². The SMILES string of the molecule is COc1ccc(C(O)COC(C)C)cc1C. The van der Waals surface area contributed by atoms with Crippen LogP contribution in [0, 0.1) is 6.92 Å². The third kappa shape index (κ3) is 3.51. The van der Waals surface area contributed by atoms with Crippen LogP contribution in [0.5, 0.6) is 5.75 Å². The average Bonchev–Trinajstić information content (AvgIpc) is 2.25. The lowest BCUT2D eigenvalue weighted by atomic mass is 10.1. The van der Waals surface area contributed by atoms with Crippen LogP contribution in [-0.2, 0) is 4.74 Å². The van der Waals surface area contributed by atoms with Gasteiger partial charge in [0.15, 0.2) is 0 Å². The highest BCUT2D eigenvalue weighted by Gasteiger charge is 2.10. The molecule has 90 valence electrons. The van der Waals surface area contributed by atoms with Gasteiger partial charge in [-0.2, -0.15) is 0 Å². The van der Waals surface area contributed by atoms with E-state index in [0.717, 1.165) is 16.9 Å². The smallest absolute Gasteiger partial charge is 0.121 e. The minimum Gasteiger partial charge on any atom is -0.496 e. The molecule has 0 spiro atoms. The van der Waals surface area contributed by atoms with Gasteiger partial charge in [0.25, 0.3) is 0 Å². The van der Waals surface area contributed by atoms with E-state index in [1.54, 1.807) is 7.11 Å². The van der Waals surface area contributed by atoms with Crippen molar-refractivity contribution in [2.45, 2.75) is 33.0 Å². The standard InChI is InChI=1S/C13H20O3/c1-9(2)16-8-12(14)11-5-6-13(15-4)10(3)7-11/h5-7,9,12,14H,8H2,1-4H3. The molecule has 0 radical (unpaired) electrons. The highest BCUT2D eigenvalue weighted by molar-refractivity contribution is 5.36. The zero-order valence-electron chi connectivity index (χ0n) is 10.4. The van der Waals surface area contributed by atoms with E-state index < -0.39 is 6.10 Å². The molecule has 1 aromatic rings. The summed E-state index contributed by atoms with van der Waals surface area (Å²) < 4.78 is 10.5. The van der Waals surface area contributed by atoms with Crippen molar-refractivity contribution in [1.29, 1.82) is 0 Å². The predicted molar refractivity (Wildman–Crippen MR) is 63.8 cm³/mol. The number of hydrogen-bond acceptors (Lipinski definition) is 3. The van der Waals surface area contributed by atoms with Gasteiger partial charge in [-0.25, -0.2) is 0 Å². The highest BCUT2D eigenvalue weighted by Crippen LogP contribution is 2.22. The van der Waals surface area contributed by atoms with Crippen LogP contribution in [0.15, 0.2) is 18.2 Å². The molecular weight excluding hydrogens is 204 g/mol. The quantitative estimate of drug-likeness (QED) is 0.835. The molecule has 1 aromatic carbocycles. The van der Waals surface area contributed by atoms with Gasteiger partial charge in [-0.3, -0.25) is 0 Å². The van der Waals surface area contributed by atoms with E-state index in [-0.39, 0.29) is 6.10 Å².